The van der Waals surface area contributed by atoms with Crippen molar-refractivity contribution in [3.63, 3.8) is 0 Å². The SMILES string of the molecule is CCNCC(C)(O)COc1ccc(Br)cc1[N+](=O)[O-]. The van der Waals surface area contributed by atoms with Crippen molar-refractivity contribution in [1.82, 2.24) is 5.32 Å². The number of halogens is 1. The van der Waals surface area contributed by atoms with Gasteiger partial charge >= 0.3 is 5.69 Å². The maximum absolute atomic E-state index is 10.9. The molecule has 0 aliphatic carbocycles. The molecule has 1 aromatic rings. The molecule has 0 radical (unpaired) electrons. The molecule has 0 aromatic heterocycles. The molecule has 0 amide bonds. The molecule has 2 N–H and O–H groups in total. The van der Waals surface area contributed by atoms with Crippen molar-refractivity contribution in [2.24, 2.45) is 0 Å². The van der Waals surface area contributed by atoms with Gasteiger partial charge in [-0.05, 0) is 25.6 Å². The van der Waals surface area contributed by atoms with E-state index < -0.39 is 10.5 Å². The average Bonchev–Trinajstić information content (AvgIpc) is 2.35. The molecule has 7 heteroatoms. The molecule has 106 valence electrons. The van der Waals surface area contributed by atoms with Gasteiger partial charge in [-0.2, -0.15) is 0 Å². The van der Waals surface area contributed by atoms with Crippen LogP contribution in [0.2, 0.25) is 0 Å². The van der Waals surface area contributed by atoms with Crippen LogP contribution in [-0.4, -0.2) is 35.3 Å². The highest BCUT2D eigenvalue weighted by atomic mass is 79.9. The summed E-state index contributed by atoms with van der Waals surface area (Å²) in [5.74, 6) is 0.143. The first kappa shape index (κ1) is 15.9. The van der Waals surface area contributed by atoms with Gasteiger partial charge in [-0.1, -0.05) is 22.9 Å². The topological polar surface area (TPSA) is 84.6 Å². The van der Waals surface area contributed by atoms with Gasteiger partial charge in [-0.3, -0.25) is 10.1 Å². The minimum Gasteiger partial charge on any atom is -0.484 e. The van der Waals surface area contributed by atoms with Crippen LogP contribution in [0.3, 0.4) is 0 Å². The summed E-state index contributed by atoms with van der Waals surface area (Å²) in [5.41, 5.74) is -1.22. The molecule has 1 aromatic carbocycles. The molecule has 1 unspecified atom stereocenters. The Morgan fingerprint density at radius 1 is 1.58 bits per heavy atom. The van der Waals surface area contributed by atoms with Gasteiger partial charge in [-0.25, -0.2) is 0 Å². The largest absolute Gasteiger partial charge is 0.484 e. The third-order valence-corrected chi connectivity index (χ3v) is 2.91. The van der Waals surface area contributed by atoms with Crippen LogP contribution in [0, 0.1) is 10.1 Å². The molecule has 0 saturated heterocycles. The molecule has 0 fully saturated rings. The third-order valence-electron chi connectivity index (χ3n) is 2.41. The lowest BCUT2D eigenvalue weighted by molar-refractivity contribution is -0.386. The van der Waals surface area contributed by atoms with E-state index >= 15 is 0 Å². The highest BCUT2D eigenvalue weighted by Gasteiger charge is 2.23. The van der Waals surface area contributed by atoms with Crippen LogP contribution in [-0.2, 0) is 0 Å². The molecule has 0 heterocycles. The van der Waals surface area contributed by atoms with E-state index in [2.05, 4.69) is 21.2 Å². The Kier molecular flexibility index (Phi) is 5.71. The Labute approximate surface area is 120 Å². The molecule has 0 spiro atoms. The van der Waals surface area contributed by atoms with E-state index in [1.807, 2.05) is 6.92 Å². The number of nitro groups is 1. The second kappa shape index (κ2) is 6.83. The maximum atomic E-state index is 10.9. The van der Waals surface area contributed by atoms with Gasteiger partial charge in [0.05, 0.1) is 4.92 Å². The lowest BCUT2D eigenvalue weighted by atomic mass is 10.1. The normalized spacial score (nSPS) is 13.9. The number of benzene rings is 1. The van der Waals surface area contributed by atoms with Gasteiger partial charge < -0.3 is 15.2 Å². The van der Waals surface area contributed by atoms with Gasteiger partial charge in [0.15, 0.2) is 5.75 Å². The van der Waals surface area contributed by atoms with Gasteiger partial charge in [0, 0.05) is 17.1 Å². The van der Waals surface area contributed by atoms with Crippen LogP contribution < -0.4 is 10.1 Å². The smallest absolute Gasteiger partial charge is 0.312 e. The van der Waals surface area contributed by atoms with Crippen LogP contribution in [0.1, 0.15) is 13.8 Å². The summed E-state index contributed by atoms with van der Waals surface area (Å²) in [5, 5.41) is 23.9. The number of nitrogens with zero attached hydrogens (tertiary/aromatic N) is 1. The summed E-state index contributed by atoms with van der Waals surface area (Å²) in [7, 11) is 0. The monoisotopic (exact) mass is 332 g/mol. The van der Waals surface area contributed by atoms with Crippen LogP contribution >= 0.6 is 15.9 Å². The minimum atomic E-state index is -1.09. The fourth-order valence-electron chi connectivity index (χ4n) is 1.43. The fraction of sp³-hybridized carbons (Fsp3) is 0.500. The van der Waals surface area contributed by atoms with Crippen LogP contribution in [0.25, 0.3) is 0 Å². The van der Waals surface area contributed by atoms with E-state index in [0.717, 1.165) is 6.54 Å². The zero-order valence-electron chi connectivity index (χ0n) is 10.9. The molecular weight excluding hydrogens is 316 g/mol. The van der Waals surface area contributed by atoms with Crippen LogP contribution in [0.4, 0.5) is 5.69 Å². The Hall–Kier alpha value is -1.18. The van der Waals surface area contributed by atoms with Crippen molar-refractivity contribution in [2.45, 2.75) is 19.4 Å². The number of rotatable bonds is 7. The van der Waals surface area contributed by atoms with E-state index in [9.17, 15) is 15.2 Å². The molecule has 1 rings (SSSR count). The predicted molar refractivity (Wildman–Crippen MR) is 75.5 cm³/mol. The minimum absolute atomic E-state index is 0.0253. The maximum Gasteiger partial charge on any atom is 0.312 e. The van der Waals surface area contributed by atoms with Crippen LogP contribution in [0.5, 0.6) is 5.75 Å². The van der Waals surface area contributed by atoms with Crippen molar-refractivity contribution >= 4 is 21.6 Å². The number of aliphatic hydroxyl groups is 1. The first-order valence-corrected chi connectivity index (χ1v) is 6.65. The summed E-state index contributed by atoms with van der Waals surface area (Å²) in [4.78, 5) is 10.4. The lowest BCUT2D eigenvalue weighted by Crippen LogP contribution is -2.42. The van der Waals surface area contributed by atoms with Gasteiger partial charge in [0.1, 0.15) is 12.2 Å². The van der Waals surface area contributed by atoms with E-state index in [-0.39, 0.29) is 18.0 Å². The standard InChI is InChI=1S/C12H17BrN2O4/c1-3-14-7-12(2,16)8-19-11-5-4-9(13)6-10(11)15(17)18/h4-6,14,16H,3,7-8H2,1-2H3. The molecule has 6 nitrogen and oxygen atoms in total. The number of hydrogen-bond donors (Lipinski definition) is 2. The zero-order valence-corrected chi connectivity index (χ0v) is 12.4. The molecule has 0 saturated carbocycles. The van der Waals surface area contributed by atoms with Crippen molar-refractivity contribution in [2.75, 3.05) is 19.7 Å². The molecular formula is C12H17BrN2O4. The quantitative estimate of drug-likeness (QED) is 0.590. The summed E-state index contributed by atoms with van der Waals surface area (Å²) in [6.07, 6.45) is 0. The van der Waals surface area contributed by atoms with E-state index in [4.69, 9.17) is 4.74 Å². The summed E-state index contributed by atoms with van der Waals surface area (Å²) in [6.45, 7) is 4.60. The number of nitro benzene ring substituents is 1. The molecule has 0 aliphatic heterocycles. The van der Waals surface area contributed by atoms with Crippen molar-refractivity contribution in [1.29, 1.82) is 0 Å². The van der Waals surface area contributed by atoms with E-state index in [0.29, 0.717) is 11.0 Å². The Balaban J connectivity index is 2.75. The Bertz CT molecular complexity index is 451. The second-order valence-electron chi connectivity index (χ2n) is 4.44. The molecule has 1 atom stereocenters. The lowest BCUT2D eigenvalue weighted by Gasteiger charge is -2.23. The third kappa shape index (κ3) is 5.14. The summed E-state index contributed by atoms with van der Waals surface area (Å²) >= 11 is 3.17. The van der Waals surface area contributed by atoms with Crippen molar-refractivity contribution in [3.05, 3.63) is 32.8 Å². The van der Waals surface area contributed by atoms with E-state index in [1.165, 1.54) is 12.1 Å². The fourth-order valence-corrected chi connectivity index (χ4v) is 1.78. The molecule has 19 heavy (non-hydrogen) atoms. The Morgan fingerprint density at radius 2 is 2.26 bits per heavy atom. The first-order chi connectivity index (χ1) is 8.85. The summed E-state index contributed by atoms with van der Waals surface area (Å²) < 4.78 is 5.97. The average molecular weight is 333 g/mol. The number of nitrogens with one attached hydrogen (secondary N) is 1. The van der Waals surface area contributed by atoms with Crippen LogP contribution in [0.15, 0.2) is 22.7 Å². The zero-order chi connectivity index (χ0) is 14.5. The highest BCUT2D eigenvalue weighted by Crippen LogP contribution is 2.30. The predicted octanol–water partition coefficient (Wildman–Crippen LogP) is 2.10. The second-order valence-corrected chi connectivity index (χ2v) is 5.35. The molecule has 0 aliphatic rings. The van der Waals surface area contributed by atoms with Gasteiger partial charge in [-0.15, -0.1) is 0 Å². The molecule has 0 bridgehead atoms. The number of ether oxygens (including phenoxy) is 1. The number of hydrogen-bond acceptors (Lipinski definition) is 5. The van der Waals surface area contributed by atoms with E-state index in [1.54, 1.807) is 13.0 Å². The van der Waals surface area contributed by atoms with Gasteiger partial charge in [0.25, 0.3) is 0 Å². The highest BCUT2D eigenvalue weighted by molar-refractivity contribution is 9.10. The van der Waals surface area contributed by atoms with Gasteiger partial charge in [0.2, 0.25) is 0 Å². The summed E-state index contributed by atoms with van der Waals surface area (Å²) in [6, 6.07) is 4.53. The van der Waals surface area contributed by atoms with Crippen molar-refractivity contribution < 1.29 is 14.8 Å². The Morgan fingerprint density at radius 3 is 2.84 bits per heavy atom. The van der Waals surface area contributed by atoms with Crippen molar-refractivity contribution in [3.8, 4) is 5.75 Å². The first-order valence-electron chi connectivity index (χ1n) is 5.85. The number of likely N-dealkylation sites (N-methyl/N-ethyl adjacent to an activating group) is 1.